The number of carbonyl (C=O) groups excluding carboxylic acids is 1. The summed E-state index contributed by atoms with van der Waals surface area (Å²) in [4.78, 5) is 15.8. The van der Waals surface area contributed by atoms with E-state index in [9.17, 15) is 4.79 Å². The Morgan fingerprint density at radius 1 is 1.53 bits per heavy atom. The highest BCUT2D eigenvalue weighted by atomic mass is 16.5. The average Bonchev–Trinajstić information content (AvgIpc) is 2.97. The minimum absolute atomic E-state index is 0.408. The van der Waals surface area contributed by atoms with Gasteiger partial charge in [0.05, 0.1) is 19.3 Å². The first-order valence-corrected chi connectivity index (χ1v) is 6.06. The molecule has 0 fully saturated rings. The fraction of sp³-hybridized carbons (Fsp3) is 0.417. The second-order valence-electron chi connectivity index (χ2n) is 4.18. The molecule has 2 N–H and O–H groups in total. The average molecular weight is 263 g/mol. The molecule has 2 aromatic rings. The number of anilines is 1. The molecule has 0 aromatic carbocycles. The van der Waals surface area contributed by atoms with Gasteiger partial charge in [-0.05, 0) is 12.5 Å². The summed E-state index contributed by atoms with van der Waals surface area (Å²) in [6.45, 7) is 3.29. The van der Waals surface area contributed by atoms with Gasteiger partial charge in [-0.1, -0.05) is 6.92 Å². The number of aryl methyl sites for hydroxylation is 1. The van der Waals surface area contributed by atoms with Gasteiger partial charge in [0.1, 0.15) is 17.8 Å². The largest absolute Gasteiger partial charge is 0.464 e. The highest BCUT2D eigenvalue weighted by Crippen LogP contribution is 2.13. The molecular formula is C12H17N5O2. The fourth-order valence-corrected chi connectivity index (χ4v) is 1.90. The van der Waals surface area contributed by atoms with Crippen molar-refractivity contribution in [2.24, 2.45) is 0 Å². The van der Waals surface area contributed by atoms with E-state index < -0.39 is 5.97 Å². The number of nitrogens with two attached hydrogens (primary N) is 1. The maximum atomic E-state index is 11.6. The molecule has 0 bridgehead atoms. The molecule has 0 amide bonds. The Balaban J connectivity index is 2.27. The van der Waals surface area contributed by atoms with Crippen LogP contribution in [0.2, 0.25) is 0 Å². The molecule has 0 spiro atoms. The van der Waals surface area contributed by atoms with Crippen molar-refractivity contribution in [2.45, 2.75) is 26.4 Å². The number of aromatic nitrogens is 4. The van der Waals surface area contributed by atoms with Crippen LogP contribution in [0.4, 0.5) is 5.69 Å². The third kappa shape index (κ3) is 2.75. The van der Waals surface area contributed by atoms with Crippen molar-refractivity contribution in [1.29, 1.82) is 0 Å². The van der Waals surface area contributed by atoms with E-state index in [4.69, 9.17) is 10.5 Å². The topological polar surface area (TPSA) is 88.0 Å². The van der Waals surface area contributed by atoms with Crippen LogP contribution in [-0.2, 0) is 17.8 Å². The predicted molar refractivity (Wildman–Crippen MR) is 69.6 cm³/mol. The van der Waals surface area contributed by atoms with Gasteiger partial charge in [-0.3, -0.25) is 0 Å². The van der Waals surface area contributed by atoms with Gasteiger partial charge in [0.2, 0.25) is 0 Å². The fourth-order valence-electron chi connectivity index (χ4n) is 1.90. The Kier molecular flexibility index (Phi) is 3.84. The zero-order valence-corrected chi connectivity index (χ0v) is 11.0. The van der Waals surface area contributed by atoms with Crippen molar-refractivity contribution in [3.8, 4) is 0 Å². The van der Waals surface area contributed by atoms with Gasteiger partial charge in [0, 0.05) is 12.7 Å². The van der Waals surface area contributed by atoms with Crippen molar-refractivity contribution in [1.82, 2.24) is 19.3 Å². The first kappa shape index (κ1) is 13.1. The second kappa shape index (κ2) is 5.55. The van der Waals surface area contributed by atoms with Gasteiger partial charge in [0.25, 0.3) is 0 Å². The van der Waals surface area contributed by atoms with Crippen molar-refractivity contribution in [3.63, 3.8) is 0 Å². The zero-order chi connectivity index (χ0) is 13.8. The standard InChI is InChI=1S/C12H17N5O2/c1-3-4-17-11(14-8-15-17)7-16-6-9(13)5-10(16)12(18)19-2/h5-6,8H,3-4,7,13H2,1-2H3. The molecule has 0 aliphatic carbocycles. The lowest BCUT2D eigenvalue weighted by molar-refractivity contribution is 0.0589. The number of nitrogens with zero attached hydrogens (tertiary/aromatic N) is 4. The molecule has 2 rings (SSSR count). The quantitative estimate of drug-likeness (QED) is 0.810. The third-order valence-corrected chi connectivity index (χ3v) is 2.76. The summed E-state index contributed by atoms with van der Waals surface area (Å²) in [5, 5.41) is 4.15. The molecule has 0 unspecified atom stereocenters. The number of esters is 1. The number of ether oxygens (including phenoxy) is 1. The van der Waals surface area contributed by atoms with Crippen molar-refractivity contribution < 1.29 is 9.53 Å². The van der Waals surface area contributed by atoms with Crippen molar-refractivity contribution >= 4 is 11.7 Å². The number of nitrogen functional groups attached to an aromatic ring is 1. The molecule has 102 valence electrons. The lowest BCUT2D eigenvalue weighted by atomic mass is 10.4. The van der Waals surface area contributed by atoms with Crippen LogP contribution in [0.3, 0.4) is 0 Å². The number of hydrogen-bond acceptors (Lipinski definition) is 5. The molecule has 0 saturated carbocycles. The van der Waals surface area contributed by atoms with Crippen LogP contribution >= 0.6 is 0 Å². The number of rotatable bonds is 5. The van der Waals surface area contributed by atoms with E-state index in [0.717, 1.165) is 18.8 Å². The lowest BCUT2D eigenvalue weighted by Crippen LogP contribution is -2.14. The van der Waals surface area contributed by atoms with Crippen LogP contribution in [0.25, 0.3) is 0 Å². The molecule has 0 aliphatic rings. The molecule has 19 heavy (non-hydrogen) atoms. The maximum absolute atomic E-state index is 11.6. The summed E-state index contributed by atoms with van der Waals surface area (Å²) in [5.41, 5.74) is 6.65. The summed E-state index contributed by atoms with van der Waals surface area (Å²) < 4.78 is 8.27. The van der Waals surface area contributed by atoms with Crippen LogP contribution in [0.1, 0.15) is 29.7 Å². The Morgan fingerprint density at radius 2 is 2.32 bits per heavy atom. The van der Waals surface area contributed by atoms with E-state index in [1.807, 2.05) is 4.68 Å². The van der Waals surface area contributed by atoms with Gasteiger partial charge >= 0.3 is 5.97 Å². The molecular weight excluding hydrogens is 246 g/mol. The maximum Gasteiger partial charge on any atom is 0.354 e. The number of hydrogen-bond donors (Lipinski definition) is 1. The Hall–Kier alpha value is -2.31. The van der Waals surface area contributed by atoms with E-state index in [0.29, 0.717) is 17.9 Å². The number of methoxy groups -OCH3 is 1. The van der Waals surface area contributed by atoms with E-state index in [1.165, 1.54) is 13.4 Å². The molecule has 7 heteroatoms. The van der Waals surface area contributed by atoms with Crippen molar-refractivity contribution in [2.75, 3.05) is 12.8 Å². The van der Waals surface area contributed by atoms with Gasteiger partial charge in [-0.2, -0.15) is 5.10 Å². The minimum atomic E-state index is -0.418. The number of carbonyl (C=O) groups is 1. The molecule has 0 saturated heterocycles. The Bertz CT molecular complexity index is 572. The van der Waals surface area contributed by atoms with Crippen LogP contribution in [0.15, 0.2) is 18.6 Å². The van der Waals surface area contributed by atoms with Gasteiger partial charge in [0.15, 0.2) is 0 Å². The monoisotopic (exact) mass is 263 g/mol. The second-order valence-corrected chi connectivity index (χ2v) is 4.18. The van der Waals surface area contributed by atoms with E-state index >= 15 is 0 Å². The molecule has 0 aliphatic heterocycles. The summed E-state index contributed by atoms with van der Waals surface area (Å²) in [7, 11) is 1.34. The van der Waals surface area contributed by atoms with Crippen LogP contribution in [0.5, 0.6) is 0 Å². The SMILES string of the molecule is CCCn1ncnc1Cn1cc(N)cc1C(=O)OC. The summed E-state index contributed by atoms with van der Waals surface area (Å²) in [6.07, 6.45) is 4.17. The molecule has 2 heterocycles. The van der Waals surface area contributed by atoms with Gasteiger partial charge in [-0.15, -0.1) is 0 Å². The van der Waals surface area contributed by atoms with Crippen LogP contribution in [0, 0.1) is 0 Å². The molecule has 2 aromatic heterocycles. The lowest BCUT2D eigenvalue weighted by Gasteiger charge is -2.08. The summed E-state index contributed by atoms with van der Waals surface area (Å²) in [6, 6.07) is 1.59. The minimum Gasteiger partial charge on any atom is -0.464 e. The highest BCUT2D eigenvalue weighted by Gasteiger charge is 2.15. The van der Waals surface area contributed by atoms with Gasteiger partial charge < -0.3 is 15.0 Å². The first-order valence-electron chi connectivity index (χ1n) is 6.06. The predicted octanol–water partition coefficient (Wildman–Crippen LogP) is 0.907. The molecule has 0 radical (unpaired) electrons. The van der Waals surface area contributed by atoms with E-state index in [-0.39, 0.29) is 0 Å². The smallest absolute Gasteiger partial charge is 0.354 e. The van der Waals surface area contributed by atoms with Crippen molar-refractivity contribution in [3.05, 3.63) is 30.1 Å². The third-order valence-electron chi connectivity index (χ3n) is 2.76. The van der Waals surface area contributed by atoms with Crippen LogP contribution < -0.4 is 5.73 Å². The molecule has 0 atom stereocenters. The van der Waals surface area contributed by atoms with Gasteiger partial charge in [-0.25, -0.2) is 14.5 Å². The zero-order valence-electron chi connectivity index (χ0n) is 11.0. The van der Waals surface area contributed by atoms with Crippen LogP contribution in [-0.4, -0.2) is 32.4 Å². The normalized spacial score (nSPS) is 10.6. The van der Waals surface area contributed by atoms with E-state index in [2.05, 4.69) is 17.0 Å². The van der Waals surface area contributed by atoms with E-state index in [1.54, 1.807) is 16.8 Å². The molecule has 7 nitrogen and oxygen atoms in total. The Labute approximate surface area is 111 Å². The summed E-state index contributed by atoms with van der Waals surface area (Å²) in [5.74, 6) is 0.362. The summed E-state index contributed by atoms with van der Waals surface area (Å²) >= 11 is 0. The highest BCUT2D eigenvalue weighted by molar-refractivity contribution is 5.89. The first-order chi connectivity index (χ1) is 9.15. The Morgan fingerprint density at radius 3 is 3.00 bits per heavy atom.